The molecule has 20 heavy (non-hydrogen) atoms. The molecule has 0 N–H and O–H groups in total. The van der Waals surface area contributed by atoms with Crippen molar-refractivity contribution in [2.24, 2.45) is 0 Å². The zero-order valence-electron chi connectivity index (χ0n) is 10.8. The number of rotatable bonds is 4. The van der Waals surface area contributed by atoms with Crippen molar-refractivity contribution in [3.05, 3.63) is 76.0 Å². The predicted molar refractivity (Wildman–Crippen MR) is 80.3 cm³/mol. The van der Waals surface area contributed by atoms with Gasteiger partial charge in [0.1, 0.15) is 0 Å². The van der Waals surface area contributed by atoms with Crippen LogP contribution >= 0.6 is 15.9 Å². The Morgan fingerprint density at radius 2 is 1.70 bits per heavy atom. The molecule has 0 fully saturated rings. The van der Waals surface area contributed by atoms with Crippen molar-refractivity contribution in [1.82, 2.24) is 20.2 Å². The quantitative estimate of drug-likeness (QED) is 0.739. The molecule has 0 aliphatic rings. The molecule has 0 aliphatic heterocycles. The summed E-state index contributed by atoms with van der Waals surface area (Å²) in [6.07, 6.45) is 0.677. The van der Waals surface area contributed by atoms with Crippen molar-refractivity contribution in [3.63, 3.8) is 0 Å². The van der Waals surface area contributed by atoms with Crippen molar-refractivity contribution < 1.29 is 0 Å². The molecule has 2 aromatic carbocycles. The highest BCUT2D eigenvalue weighted by molar-refractivity contribution is 9.10. The van der Waals surface area contributed by atoms with E-state index in [1.807, 2.05) is 36.4 Å². The summed E-state index contributed by atoms with van der Waals surface area (Å²) in [6.45, 7) is 0.643. The van der Waals surface area contributed by atoms with Gasteiger partial charge in [0.05, 0.1) is 6.54 Å². The second-order valence-electron chi connectivity index (χ2n) is 4.49. The van der Waals surface area contributed by atoms with Gasteiger partial charge in [0, 0.05) is 10.9 Å². The minimum atomic E-state index is 0.643. The second-order valence-corrected chi connectivity index (χ2v) is 5.34. The summed E-state index contributed by atoms with van der Waals surface area (Å²) in [5.41, 5.74) is 2.32. The van der Waals surface area contributed by atoms with Gasteiger partial charge in [-0.25, -0.2) is 0 Å². The van der Waals surface area contributed by atoms with E-state index < -0.39 is 0 Å². The van der Waals surface area contributed by atoms with Gasteiger partial charge in [0.15, 0.2) is 5.82 Å². The third kappa shape index (κ3) is 3.11. The minimum absolute atomic E-state index is 0.643. The summed E-state index contributed by atoms with van der Waals surface area (Å²) < 4.78 is 1.07. The van der Waals surface area contributed by atoms with E-state index in [2.05, 4.69) is 49.5 Å². The Labute approximate surface area is 125 Å². The van der Waals surface area contributed by atoms with Gasteiger partial charge in [-0.15, -0.1) is 10.2 Å². The SMILES string of the molecule is Brc1ccccc1Cc1nnn(Cc2ccccc2)n1. The Hall–Kier alpha value is -2.01. The highest BCUT2D eigenvalue weighted by Crippen LogP contribution is 2.17. The fourth-order valence-corrected chi connectivity index (χ4v) is 2.40. The molecule has 0 atom stereocenters. The normalized spacial score (nSPS) is 10.7. The Morgan fingerprint density at radius 1 is 0.950 bits per heavy atom. The lowest BCUT2D eigenvalue weighted by atomic mass is 10.1. The number of benzene rings is 2. The van der Waals surface area contributed by atoms with E-state index in [0.717, 1.165) is 21.4 Å². The van der Waals surface area contributed by atoms with Crippen LogP contribution in [0, 0.1) is 0 Å². The fourth-order valence-electron chi connectivity index (χ4n) is 1.97. The maximum absolute atomic E-state index is 4.42. The highest BCUT2D eigenvalue weighted by Gasteiger charge is 2.06. The summed E-state index contributed by atoms with van der Waals surface area (Å²) in [5.74, 6) is 0.729. The average molecular weight is 329 g/mol. The van der Waals surface area contributed by atoms with Gasteiger partial charge < -0.3 is 0 Å². The number of aromatic nitrogens is 4. The molecule has 0 saturated heterocycles. The molecular weight excluding hydrogens is 316 g/mol. The zero-order valence-corrected chi connectivity index (χ0v) is 12.4. The monoisotopic (exact) mass is 328 g/mol. The average Bonchev–Trinajstić information content (AvgIpc) is 2.90. The van der Waals surface area contributed by atoms with Crippen LogP contribution in [0.5, 0.6) is 0 Å². The highest BCUT2D eigenvalue weighted by atomic mass is 79.9. The molecule has 0 unspecified atom stereocenters. The zero-order chi connectivity index (χ0) is 13.8. The summed E-state index contributed by atoms with van der Waals surface area (Å²) >= 11 is 3.53. The van der Waals surface area contributed by atoms with Crippen molar-refractivity contribution in [3.8, 4) is 0 Å². The van der Waals surface area contributed by atoms with Crippen molar-refractivity contribution in [2.75, 3.05) is 0 Å². The van der Waals surface area contributed by atoms with E-state index in [1.54, 1.807) is 4.80 Å². The molecule has 1 heterocycles. The number of nitrogens with zero attached hydrogens (tertiary/aromatic N) is 4. The van der Waals surface area contributed by atoms with Crippen LogP contribution in [-0.4, -0.2) is 20.2 Å². The van der Waals surface area contributed by atoms with E-state index in [4.69, 9.17) is 0 Å². The first-order chi connectivity index (χ1) is 9.81. The third-order valence-electron chi connectivity index (χ3n) is 2.97. The molecule has 0 saturated carbocycles. The summed E-state index contributed by atoms with van der Waals surface area (Å²) in [5, 5.41) is 12.6. The van der Waals surface area contributed by atoms with Gasteiger partial charge in [-0.05, 0) is 22.4 Å². The molecule has 100 valence electrons. The minimum Gasteiger partial charge on any atom is -0.160 e. The molecule has 3 aromatic rings. The number of halogens is 1. The van der Waals surface area contributed by atoms with E-state index in [-0.39, 0.29) is 0 Å². The molecule has 5 heteroatoms. The lowest BCUT2D eigenvalue weighted by molar-refractivity contribution is 0.571. The molecule has 0 amide bonds. The van der Waals surface area contributed by atoms with Gasteiger partial charge >= 0.3 is 0 Å². The van der Waals surface area contributed by atoms with Gasteiger partial charge in [-0.2, -0.15) is 4.80 Å². The van der Waals surface area contributed by atoms with Crippen molar-refractivity contribution in [2.45, 2.75) is 13.0 Å². The smallest absolute Gasteiger partial charge is 0.160 e. The summed E-state index contributed by atoms with van der Waals surface area (Å²) in [6, 6.07) is 18.2. The van der Waals surface area contributed by atoms with Gasteiger partial charge in [0.2, 0.25) is 0 Å². The third-order valence-corrected chi connectivity index (χ3v) is 3.74. The Balaban J connectivity index is 1.73. The molecule has 0 bridgehead atoms. The van der Waals surface area contributed by atoms with E-state index in [0.29, 0.717) is 13.0 Å². The largest absolute Gasteiger partial charge is 0.179 e. The molecule has 3 rings (SSSR count). The van der Waals surface area contributed by atoms with E-state index in [9.17, 15) is 0 Å². The van der Waals surface area contributed by atoms with Crippen LogP contribution in [0.15, 0.2) is 59.1 Å². The van der Waals surface area contributed by atoms with Crippen LogP contribution in [0.4, 0.5) is 0 Å². The second kappa shape index (κ2) is 5.96. The summed E-state index contributed by atoms with van der Waals surface area (Å²) in [7, 11) is 0. The summed E-state index contributed by atoms with van der Waals surface area (Å²) in [4.78, 5) is 1.63. The van der Waals surface area contributed by atoms with Crippen LogP contribution in [0.1, 0.15) is 17.0 Å². The molecule has 4 nitrogen and oxygen atoms in total. The Morgan fingerprint density at radius 3 is 2.50 bits per heavy atom. The maximum atomic E-state index is 4.42. The first-order valence-electron chi connectivity index (χ1n) is 6.35. The molecule has 1 aromatic heterocycles. The lowest BCUT2D eigenvalue weighted by Gasteiger charge is -2.00. The first kappa shape index (κ1) is 13.0. The van der Waals surface area contributed by atoms with Crippen LogP contribution in [0.25, 0.3) is 0 Å². The maximum Gasteiger partial charge on any atom is 0.179 e. The van der Waals surface area contributed by atoms with E-state index >= 15 is 0 Å². The predicted octanol–water partition coefficient (Wildman–Crippen LogP) is 3.07. The molecule has 0 spiro atoms. The van der Waals surface area contributed by atoms with Crippen LogP contribution in [0.3, 0.4) is 0 Å². The number of hydrogen-bond acceptors (Lipinski definition) is 3. The molecular formula is C15H13BrN4. The number of hydrogen-bond donors (Lipinski definition) is 0. The van der Waals surface area contributed by atoms with Crippen LogP contribution in [-0.2, 0) is 13.0 Å². The Kier molecular flexibility index (Phi) is 3.87. The van der Waals surface area contributed by atoms with E-state index in [1.165, 1.54) is 0 Å². The van der Waals surface area contributed by atoms with Crippen molar-refractivity contribution >= 4 is 15.9 Å². The number of tetrazole rings is 1. The van der Waals surface area contributed by atoms with Crippen LogP contribution < -0.4 is 0 Å². The van der Waals surface area contributed by atoms with Gasteiger partial charge in [-0.3, -0.25) is 0 Å². The van der Waals surface area contributed by atoms with Crippen LogP contribution in [0.2, 0.25) is 0 Å². The first-order valence-corrected chi connectivity index (χ1v) is 7.14. The fraction of sp³-hybridized carbons (Fsp3) is 0.133. The lowest BCUT2D eigenvalue weighted by Crippen LogP contribution is -2.04. The standard InChI is InChI=1S/C15H13BrN4/c16-14-9-5-4-8-13(14)10-15-17-19-20(18-15)11-12-6-2-1-3-7-12/h1-9H,10-11H2. The molecule has 0 radical (unpaired) electrons. The molecule has 0 aliphatic carbocycles. The Bertz CT molecular complexity index is 694. The topological polar surface area (TPSA) is 43.6 Å². The van der Waals surface area contributed by atoms with Gasteiger partial charge in [0.25, 0.3) is 0 Å². The van der Waals surface area contributed by atoms with Gasteiger partial charge in [-0.1, -0.05) is 64.5 Å². The van der Waals surface area contributed by atoms with Crippen molar-refractivity contribution in [1.29, 1.82) is 0 Å².